The number of benzene rings is 1. The predicted octanol–water partition coefficient (Wildman–Crippen LogP) is 2.45. The maximum Gasteiger partial charge on any atom is 0.371 e. The third-order valence-electron chi connectivity index (χ3n) is 2.88. The zero-order valence-corrected chi connectivity index (χ0v) is 11.4. The van der Waals surface area contributed by atoms with Crippen molar-refractivity contribution in [3.63, 3.8) is 0 Å². The molecule has 1 aromatic carbocycles. The molecule has 0 atom stereocenters. The second-order valence-electron chi connectivity index (χ2n) is 4.64. The van der Waals surface area contributed by atoms with Gasteiger partial charge in [-0.05, 0) is 37.6 Å². The lowest BCUT2D eigenvalue weighted by Crippen LogP contribution is -2.15. The molecule has 5 nitrogen and oxygen atoms in total. The standard InChI is InChI=1S/C13H14O5S/c1-8(2)19(16,17)7-9-3-4-11-10(5-9)6-12(18-11)13(14)15/h3-6,8H,7H2,1-2H3,(H,14,15). The number of hydrogen-bond acceptors (Lipinski definition) is 4. The van der Waals surface area contributed by atoms with Crippen molar-refractivity contribution in [2.24, 2.45) is 0 Å². The van der Waals surface area contributed by atoms with Crippen molar-refractivity contribution in [1.82, 2.24) is 0 Å². The van der Waals surface area contributed by atoms with Gasteiger partial charge < -0.3 is 9.52 Å². The Morgan fingerprint density at radius 1 is 1.32 bits per heavy atom. The molecular formula is C13H14O5S. The average molecular weight is 282 g/mol. The lowest BCUT2D eigenvalue weighted by atomic mass is 10.2. The highest BCUT2D eigenvalue weighted by Gasteiger charge is 2.18. The van der Waals surface area contributed by atoms with Gasteiger partial charge in [-0.2, -0.15) is 0 Å². The van der Waals surface area contributed by atoms with Gasteiger partial charge in [0.2, 0.25) is 5.76 Å². The van der Waals surface area contributed by atoms with E-state index in [2.05, 4.69) is 0 Å². The Labute approximate surface area is 110 Å². The molecule has 1 N–H and O–H groups in total. The number of hydrogen-bond donors (Lipinski definition) is 1. The van der Waals surface area contributed by atoms with Crippen LogP contribution in [-0.4, -0.2) is 24.7 Å². The molecule has 102 valence electrons. The Bertz CT molecular complexity index is 725. The molecule has 0 fully saturated rings. The average Bonchev–Trinajstić information content (AvgIpc) is 2.71. The molecule has 0 aliphatic rings. The second-order valence-corrected chi connectivity index (χ2v) is 7.20. The van der Waals surface area contributed by atoms with Crippen LogP contribution in [0.2, 0.25) is 0 Å². The van der Waals surface area contributed by atoms with E-state index >= 15 is 0 Å². The van der Waals surface area contributed by atoms with Crippen LogP contribution in [0.25, 0.3) is 11.0 Å². The van der Waals surface area contributed by atoms with E-state index in [1.165, 1.54) is 6.07 Å². The number of carboxylic acid groups (broad SMARTS) is 1. The molecule has 19 heavy (non-hydrogen) atoms. The first-order chi connectivity index (χ1) is 8.79. The quantitative estimate of drug-likeness (QED) is 0.931. The van der Waals surface area contributed by atoms with Gasteiger partial charge >= 0.3 is 5.97 Å². The molecule has 2 rings (SSSR count). The third kappa shape index (κ3) is 2.78. The van der Waals surface area contributed by atoms with Crippen molar-refractivity contribution < 1.29 is 22.7 Å². The fourth-order valence-electron chi connectivity index (χ4n) is 1.69. The molecule has 6 heteroatoms. The number of carbonyl (C=O) groups is 1. The van der Waals surface area contributed by atoms with Crippen molar-refractivity contribution in [3.05, 3.63) is 35.6 Å². The first-order valence-electron chi connectivity index (χ1n) is 5.77. The molecular weight excluding hydrogens is 268 g/mol. The topological polar surface area (TPSA) is 84.6 Å². The number of sulfone groups is 1. The summed E-state index contributed by atoms with van der Waals surface area (Å²) in [6.45, 7) is 3.27. The maximum atomic E-state index is 11.8. The second kappa shape index (κ2) is 4.70. The largest absolute Gasteiger partial charge is 0.475 e. The first kappa shape index (κ1) is 13.6. The molecule has 1 heterocycles. The summed E-state index contributed by atoms with van der Waals surface area (Å²) in [4.78, 5) is 10.8. The van der Waals surface area contributed by atoms with Gasteiger partial charge in [0, 0.05) is 5.39 Å². The monoisotopic (exact) mass is 282 g/mol. The summed E-state index contributed by atoms with van der Waals surface area (Å²) in [5, 5.41) is 8.97. The van der Waals surface area contributed by atoms with Crippen molar-refractivity contribution in [3.8, 4) is 0 Å². The first-order valence-corrected chi connectivity index (χ1v) is 7.48. The van der Waals surface area contributed by atoms with E-state index in [1.54, 1.807) is 32.0 Å². The molecule has 1 aromatic heterocycles. The van der Waals surface area contributed by atoms with E-state index in [0.717, 1.165) is 0 Å². The van der Waals surface area contributed by atoms with Crippen LogP contribution in [-0.2, 0) is 15.6 Å². The molecule has 0 radical (unpaired) electrons. The highest BCUT2D eigenvalue weighted by atomic mass is 32.2. The summed E-state index contributed by atoms with van der Waals surface area (Å²) in [6, 6.07) is 6.26. The minimum Gasteiger partial charge on any atom is -0.475 e. The fraction of sp³-hybridized carbons (Fsp3) is 0.308. The van der Waals surface area contributed by atoms with Crippen LogP contribution < -0.4 is 0 Å². The Morgan fingerprint density at radius 3 is 2.58 bits per heavy atom. The number of rotatable bonds is 4. The van der Waals surface area contributed by atoms with E-state index in [4.69, 9.17) is 9.52 Å². The van der Waals surface area contributed by atoms with Gasteiger partial charge in [0.25, 0.3) is 0 Å². The van der Waals surface area contributed by atoms with Crippen LogP contribution in [0.15, 0.2) is 28.7 Å². The van der Waals surface area contributed by atoms with Crippen molar-refractivity contribution >= 4 is 26.8 Å². The van der Waals surface area contributed by atoms with Gasteiger partial charge in [0.15, 0.2) is 9.84 Å². The zero-order chi connectivity index (χ0) is 14.2. The van der Waals surface area contributed by atoms with Crippen LogP contribution in [0.1, 0.15) is 30.0 Å². The van der Waals surface area contributed by atoms with Gasteiger partial charge in [0.1, 0.15) is 5.58 Å². The minimum atomic E-state index is -3.18. The Kier molecular flexibility index (Phi) is 3.36. The summed E-state index contributed by atoms with van der Waals surface area (Å²) >= 11 is 0. The smallest absolute Gasteiger partial charge is 0.371 e. The Hall–Kier alpha value is -1.82. The molecule has 0 saturated heterocycles. The van der Waals surface area contributed by atoms with Gasteiger partial charge in [-0.1, -0.05) is 6.07 Å². The predicted molar refractivity (Wildman–Crippen MR) is 70.9 cm³/mol. The van der Waals surface area contributed by atoms with Crippen LogP contribution in [0, 0.1) is 0 Å². The molecule has 0 aliphatic heterocycles. The Balaban J connectivity index is 2.39. The fourth-order valence-corrected chi connectivity index (χ4v) is 2.66. The lowest BCUT2D eigenvalue weighted by molar-refractivity contribution is 0.0665. The van der Waals surface area contributed by atoms with Crippen LogP contribution in [0.3, 0.4) is 0 Å². The van der Waals surface area contributed by atoms with Crippen LogP contribution in [0.5, 0.6) is 0 Å². The van der Waals surface area contributed by atoms with E-state index in [0.29, 0.717) is 16.5 Å². The summed E-state index contributed by atoms with van der Waals surface area (Å²) in [5.41, 5.74) is 1.06. The van der Waals surface area contributed by atoms with Gasteiger partial charge in [-0.15, -0.1) is 0 Å². The van der Waals surface area contributed by atoms with Gasteiger partial charge in [-0.25, -0.2) is 13.2 Å². The molecule has 0 amide bonds. The van der Waals surface area contributed by atoms with Crippen molar-refractivity contribution in [2.45, 2.75) is 24.9 Å². The van der Waals surface area contributed by atoms with Gasteiger partial charge in [-0.3, -0.25) is 0 Å². The number of carboxylic acids is 1. The van der Waals surface area contributed by atoms with Gasteiger partial charge in [0.05, 0.1) is 11.0 Å². The lowest BCUT2D eigenvalue weighted by Gasteiger charge is -2.07. The minimum absolute atomic E-state index is 0.0613. The van der Waals surface area contributed by atoms with Crippen molar-refractivity contribution in [1.29, 1.82) is 0 Å². The molecule has 0 unspecified atom stereocenters. The number of aromatic carboxylic acids is 1. The molecule has 0 bridgehead atoms. The normalized spacial score (nSPS) is 12.2. The molecule has 2 aromatic rings. The van der Waals surface area contributed by atoms with E-state index < -0.39 is 21.1 Å². The molecule has 0 saturated carbocycles. The van der Waals surface area contributed by atoms with Crippen molar-refractivity contribution in [2.75, 3.05) is 0 Å². The SMILES string of the molecule is CC(C)S(=O)(=O)Cc1ccc2oc(C(=O)O)cc2c1. The summed E-state index contributed by atoms with van der Waals surface area (Å²) in [5.74, 6) is -1.36. The summed E-state index contributed by atoms with van der Waals surface area (Å²) < 4.78 is 28.8. The maximum absolute atomic E-state index is 11.8. The number of furan rings is 1. The van der Waals surface area contributed by atoms with E-state index in [1.807, 2.05) is 0 Å². The summed E-state index contributed by atoms with van der Waals surface area (Å²) in [7, 11) is -3.18. The third-order valence-corrected chi connectivity index (χ3v) is 5.05. The molecule has 0 spiro atoms. The zero-order valence-electron chi connectivity index (χ0n) is 10.6. The van der Waals surface area contributed by atoms with Crippen LogP contribution in [0.4, 0.5) is 0 Å². The summed E-state index contributed by atoms with van der Waals surface area (Å²) in [6.07, 6.45) is 0. The van der Waals surface area contributed by atoms with E-state index in [9.17, 15) is 13.2 Å². The van der Waals surface area contributed by atoms with E-state index in [-0.39, 0.29) is 11.5 Å². The highest BCUT2D eigenvalue weighted by molar-refractivity contribution is 7.91. The number of fused-ring (bicyclic) bond motifs is 1. The van der Waals surface area contributed by atoms with Crippen LogP contribution >= 0.6 is 0 Å². The highest BCUT2D eigenvalue weighted by Crippen LogP contribution is 2.22. The molecule has 0 aliphatic carbocycles. The Morgan fingerprint density at radius 2 is 2.00 bits per heavy atom.